The van der Waals surface area contributed by atoms with Crippen molar-refractivity contribution in [3.63, 3.8) is 0 Å². The van der Waals surface area contributed by atoms with E-state index in [1.54, 1.807) is 0 Å². The second-order valence-corrected chi connectivity index (χ2v) is 5.53. The second-order valence-electron chi connectivity index (χ2n) is 5.53. The van der Waals surface area contributed by atoms with Gasteiger partial charge in [-0.25, -0.2) is 0 Å². The summed E-state index contributed by atoms with van der Waals surface area (Å²) in [5.74, 6) is 0.915. The number of halogens is 1. The number of benzene rings is 1. The van der Waals surface area contributed by atoms with Gasteiger partial charge in [-0.05, 0) is 56.5 Å². The molecule has 0 spiro atoms. The average Bonchev–Trinajstić information content (AvgIpc) is 2.38. The Labute approximate surface area is 133 Å². The number of carbonyl (C=O) groups is 1. The highest BCUT2D eigenvalue weighted by atomic mass is 35.5. The molecule has 1 amide bonds. The average molecular weight is 313 g/mol. The smallest absolute Gasteiger partial charge is 0.223 e. The minimum absolute atomic E-state index is 0. The van der Waals surface area contributed by atoms with E-state index in [0.717, 1.165) is 31.7 Å². The van der Waals surface area contributed by atoms with Crippen LogP contribution < -0.4 is 15.4 Å². The van der Waals surface area contributed by atoms with Crippen LogP contribution in [0.15, 0.2) is 18.2 Å². The van der Waals surface area contributed by atoms with Gasteiger partial charge < -0.3 is 15.4 Å². The van der Waals surface area contributed by atoms with Crippen molar-refractivity contribution >= 4 is 18.3 Å². The van der Waals surface area contributed by atoms with Gasteiger partial charge in [-0.15, -0.1) is 12.4 Å². The summed E-state index contributed by atoms with van der Waals surface area (Å²) in [7, 11) is 0. The third kappa shape index (κ3) is 6.36. The van der Waals surface area contributed by atoms with Crippen LogP contribution in [0.5, 0.6) is 5.75 Å². The van der Waals surface area contributed by atoms with E-state index in [9.17, 15) is 4.79 Å². The van der Waals surface area contributed by atoms with Crippen molar-refractivity contribution in [1.29, 1.82) is 0 Å². The van der Waals surface area contributed by atoms with Crippen LogP contribution in [0.2, 0.25) is 0 Å². The van der Waals surface area contributed by atoms with E-state index >= 15 is 0 Å². The number of nitrogens with one attached hydrogen (secondary N) is 2. The molecule has 1 aliphatic rings. The first-order chi connectivity index (χ1) is 9.63. The van der Waals surface area contributed by atoms with Gasteiger partial charge in [0.1, 0.15) is 5.75 Å². The summed E-state index contributed by atoms with van der Waals surface area (Å²) in [5, 5.41) is 6.34. The quantitative estimate of drug-likeness (QED) is 0.877. The summed E-state index contributed by atoms with van der Waals surface area (Å²) in [6.45, 7) is 6.45. The summed E-state index contributed by atoms with van der Waals surface area (Å²) < 4.78 is 5.65. The monoisotopic (exact) mass is 312 g/mol. The Balaban J connectivity index is 0.00000220. The highest BCUT2D eigenvalue weighted by molar-refractivity contribution is 5.85. The van der Waals surface area contributed by atoms with Gasteiger partial charge in [-0.3, -0.25) is 4.79 Å². The van der Waals surface area contributed by atoms with E-state index in [2.05, 4.69) is 16.7 Å². The van der Waals surface area contributed by atoms with E-state index in [4.69, 9.17) is 4.74 Å². The maximum Gasteiger partial charge on any atom is 0.223 e. The first-order valence-electron chi connectivity index (χ1n) is 7.34. The van der Waals surface area contributed by atoms with Gasteiger partial charge in [-0.2, -0.15) is 0 Å². The topological polar surface area (TPSA) is 50.4 Å². The highest BCUT2D eigenvalue weighted by Gasteiger charge is 2.14. The molecular formula is C16H25ClN2O2. The van der Waals surface area contributed by atoms with Crippen molar-refractivity contribution < 1.29 is 9.53 Å². The molecular weight excluding hydrogens is 288 g/mol. The van der Waals surface area contributed by atoms with Crippen LogP contribution in [0.3, 0.4) is 0 Å². The lowest BCUT2D eigenvalue weighted by atomic mass is 10.1. The summed E-state index contributed by atoms with van der Waals surface area (Å²) >= 11 is 0. The Morgan fingerprint density at radius 1 is 1.33 bits per heavy atom. The maximum absolute atomic E-state index is 11.8. The Morgan fingerprint density at radius 2 is 2.05 bits per heavy atom. The van der Waals surface area contributed by atoms with E-state index in [1.165, 1.54) is 11.1 Å². The van der Waals surface area contributed by atoms with Crippen molar-refractivity contribution in [1.82, 2.24) is 10.6 Å². The molecule has 1 heterocycles. The molecule has 0 radical (unpaired) electrons. The van der Waals surface area contributed by atoms with E-state index in [1.807, 2.05) is 26.0 Å². The molecule has 1 aromatic rings. The van der Waals surface area contributed by atoms with Gasteiger partial charge in [0.25, 0.3) is 0 Å². The first-order valence-corrected chi connectivity index (χ1v) is 7.34. The SMILES string of the molecule is Cc1cc(C)cc(OCCC(=O)NC2CCCNC2)c1.Cl. The number of rotatable bonds is 5. The van der Waals surface area contributed by atoms with E-state index < -0.39 is 0 Å². The lowest BCUT2D eigenvalue weighted by Gasteiger charge is -2.23. The zero-order valence-corrected chi connectivity index (χ0v) is 13.6. The van der Waals surface area contributed by atoms with Gasteiger partial charge in [0.15, 0.2) is 0 Å². The third-order valence-corrected chi connectivity index (χ3v) is 3.46. The molecule has 1 atom stereocenters. The largest absolute Gasteiger partial charge is 0.493 e. The fourth-order valence-electron chi connectivity index (χ4n) is 2.55. The molecule has 0 bridgehead atoms. The molecule has 2 N–H and O–H groups in total. The van der Waals surface area contributed by atoms with Crippen molar-refractivity contribution in [2.75, 3.05) is 19.7 Å². The van der Waals surface area contributed by atoms with Gasteiger partial charge in [0.2, 0.25) is 5.91 Å². The molecule has 1 fully saturated rings. The van der Waals surface area contributed by atoms with Crippen LogP contribution in [-0.2, 0) is 4.79 Å². The minimum atomic E-state index is 0. The molecule has 21 heavy (non-hydrogen) atoms. The fourth-order valence-corrected chi connectivity index (χ4v) is 2.55. The number of hydrogen-bond donors (Lipinski definition) is 2. The van der Waals surface area contributed by atoms with Crippen molar-refractivity contribution in [3.05, 3.63) is 29.3 Å². The molecule has 1 unspecified atom stereocenters. The Hall–Kier alpha value is -1.26. The number of hydrogen-bond acceptors (Lipinski definition) is 3. The van der Waals surface area contributed by atoms with Crippen LogP contribution in [0.4, 0.5) is 0 Å². The van der Waals surface area contributed by atoms with Crippen molar-refractivity contribution in [2.24, 2.45) is 0 Å². The lowest BCUT2D eigenvalue weighted by molar-refractivity contribution is -0.122. The molecule has 2 rings (SSSR count). The van der Waals surface area contributed by atoms with Crippen LogP contribution >= 0.6 is 12.4 Å². The number of carbonyl (C=O) groups excluding carboxylic acids is 1. The minimum Gasteiger partial charge on any atom is -0.493 e. The van der Waals surface area contributed by atoms with Crippen molar-refractivity contribution in [3.8, 4) is 5.75 Å². The van der Waals surface area contributed by atoms with Crippen LogP contribution in [-0.4, -0.2) is 31.6 Å². The zero-order chi connectivity index (χ0) is 14.4. The summed E-state index contributed by atoms with van der Waals surface area (Å²) in [4.78, 5) is 11.8. The first kappa shape index (κ1) is 17.8. The van der Waals surface area contributed by atoms with Crippen LogP contribution in [0, 0.1) is 13.8 Å². The fraction of sp³-hybridized carbons (Fsp3) is 0.562. The predicted molar refractivity (Wildman–Crippen MR) is 87.3 cm³/mol. The number of amides is 1. The highest BCUT2D eigenvalue weighted by Crippen LogP contribution is 2.16. The molecule has 0 aliphatic carbocycles. The van der Waals surface area contributed by atoms with Crippen LogP contribution in [0.25, 0.3) is 0 Å². The molecule has 1 saturated heterocycles. The molecule has 5 heteroatoms. The van der Waals surface area contributed by atoms with E-state index in [-0.39, 0.29) is 24.4 Å². The zero-order valence-electron chi connectivity index (χ0n) is 12.8. The molecule has 0 saturated carbocycles. The van der Waals surface area contributed by atoms with Crippen molar-refractivity contribution in [2.45, 2.75) is 39.2 Å². The Bertz CT molecular complexity index is 439. The Morgan fingerprint density at radius 3 is 2.67 bits per heavy atom. The summed E-state index contributed by atoms with van der Waals surface area (Å²) in [6.07, 6.45) is 2.60. The molecule has 4 nitrogen and oxygen atoms in total. The second kappa shape index (κ2) is 8.90. The number of aryl methyl sites for hydroxylation is 2. The third-order valence-electron chi connectivity index (χ3n) is 3.46. The van der Waals surface area contributed by atoms with Crippen LogP contribution in [0.1, 0.15) is 30.4 Å². The molecule has 0 aromatic heterocycles. The number of ether oxygens (including phenoxy) is 1. The Kier molecular flexibility index (Phi) is 7.54. The van der Waals surface area contributed by atoms with Gasteiger partial charge in [0.05, 0.1) is 13.0 Å². The van der Waals surface area contributed by atoms with E-state index in [0.29, 0.717) is 13.0 Å². The summed E-state index contributed by atoms with van der Waals surface area (Å²) in [5.41, 5.74) is 2.36. The number of piperidine rings is 1. The predicted octanol–water partition coefficient (Wildman–Crippen LogP) is 2.36. The molecule has 118 valence electrons. The standard InChI is InChI=1S/C16H24N2O2.ClH/c1-12-8-13(2)10-15(9-12)20-7-5-16(19)18-14-4-3-6-17-11-14;/h8-10,14,17H,3-7,11H2,1-2H3,(H,18,19);1H. The molecule has 1 aliphatic heterocycles. The molecule has 1 aromatic carbocycles. The van der Waals surface area contributed by atoms with Gasteiger partial charge in [0, 0.05) is 12.6 Å². The van der Waals surface area contributed by atoms with Gasteiger partial charge >= 0.3 is 0 Å². The maximum atomic E-state index is 11.8. The summed E-state index contributed by atoms with van der Waals surface area (Å²) in [6, 6.07) is 6.37. The lowest BCUT2D eigenvalue weighted by Crippen LogP contribution is -2.45. The normalized spacial score (nSPS) is 17.7. The van der Waals surface area contributed by atoms with Gasteiger partial charge in [-0.1, -0.05) is 6.07 Å².